The number of ether oxygens (including phenoxy) is 1. The van der Waals surface area contributed by atoms with E-state index in [4.69, 9.17) is 4.74 Å². The number of nitrogens with one attached hydrogen (secondary N) is 1. The summed E-state index contributed by atoms with van der Waals surface area (Å²) in [6.45, 7) is 1.47. The number of rotatable bonds is 9. The van der Waals surface area contributed by atoms with E-state index < -0.39 is 5.97 Å². The first-order valence-corrected chi connectivity index (χ1v) is 10.3. The van der Waals surface area contributed by atoms with Gasteiger partial charge in [-0.1, -0.05) is 19.1 Å². The molecule has 1 aromatic heterocycles. The molecule has 150 valence electrons. The molecule has 2 aromatic carbocycles. The number of carbonyl (C=O) groups excluding carboxylic acids is 3. The molecule has 3 rings (SSSR count). The maximum absolute atomic E-state index is 12.2. The van der Waals surface area contributed by atoms with E-state index in [-0.39, 0.29) is 24.7 Å². The van der Waals surface area contributed by atoms with Gasteiger partial charge in [-0.2, -0.15) is 0 Å². The zero-order chi connectivity index (χ0) is 20.6. The van der Waals surface area contributed by atoms with Crippen molar-refractivity contribution in [2.45, 2.75) is 32.6 Å². The molecule has 0 unspecified atom stereocenters. The molecule has 0 atom stereocenters. The predicted octanol–water partition coefficient (Wildman–Crippen LogP) is 4.39. The number of benzene rings is 2. The summed E-state index contributed by atoms with van der Waals surface area (Å²) in [5, 5.41) is 3.70. The number of esters is 1. The fraction of sp³-hybridized carbons (Fsp3) is 0.273. The van der Waals surface area contributed by atoms with Gasteiger partial charge < -0.3 is 10.1 Å². The molecule has 0 aliphatic rings. The minimum atomic E-state index is -0.397. The van der Waals surface area contributed by atoms with Crippen LogP contribution in [0.15, 0.2) is 48.5 Å². The monoisotopic (exact) mass is 410 g/mol. The first-order chi connectivity index (χ1) is 14.0. The van der Waals surface area contributed by atoms with Gasteiger partial charge in [0, 0.05) is 24.1 Å². The Morgan fingerprint density at radius 2 is 1.83 bits per heavy atom. The fourth-order valence-corrected chi connectivity index (χ4v) is 3.71. The molecule has 29 heavy (non-hydrogen) atoms. The first-order valence-electron chi connectivity index (χ1n) is 9.48. The van der Waals surface area contributed by atoms with Crippen molar-refractivity contribution < 1.29 is 19.1 Å². The molecule has 0 saturated heterocycles. The molecule has 0 bridgehead atoms. The van der Waals surface area contributed by atoms with E-state index in [1.165, 1.54) is 0 Å². The SMILES string of the molecule is CCC(=O)Nc1ccc(C(=O)COC(=O)CCCc2nc3ccccc3s2)cc1. The van der Waals surface area contributed by atoms with Gasteiger partial charge in [-0.15, -0.1) is 11.3 Å². The second kappa shape index (κ2) is 9.93. The second-order valence-corrected chi connectivity index (χ2v) is 7.61. The molecule has 0 fully saturated rings. The number of amides is 1. The number of aryl methyl sites for hydroxylation is 1. The summed E-state index contributed by atoms with van der Waals surface area (Å²) in [5.41, 5.74) is 2.03. The van der Waals surface area contributed by atoms with Gasteiger partial charge in [0.2, 0.25) is 5.91 Å². The number of carbonyl (C=O) groups is 3. The van der Waals surface area contributed by atoms with Crippen LogP contribution in [0.2, 0.25) is 0 Å². The summed E-state index contributed by atoms with van der Waals surface area (Å²) < 4.78 is 6.23. The van der Waals surface area contributed by atoms with Gasteiger partial charge in [0.15, 0.2) is 12.4 Å². The molecule has 6 nitrogen and oxygen atoms in total. The van der Waals surface area contributed by atoms with E-state index in [0.29, 0.717) is 30.5 Å². The minimum Gasteiger partial charge on any atom is -0.457 e. The third-order valence-electron chi connectivity index (χ3n) is 4.29. The van der Waals surface area contributed by atoms with Gasteiger partial charge >= 0.3 is 5.97 Å². The van der Waals surface area contributed by atoms with Crippen molar-refractivity contribution in [1.82, 2.24) is 4.98 Å². The zero-order valence-corrected chi connectivity index (χ0v) is 17.0. The third kappa shape index (κ3) is 5.96. The molecular formula is C22H22N2O4S. The average Bonchev–Trinajstić information content (AvgIpc) is 3.15. The summed E-state index contributed by atoms with van der Waals surface area (Å²) in [5.74, 6) is -0.770. The van der Waals surface area contributed by atoms with Crippen molar-refractivity contribution in [3.63, 3.8) is 0 Å². The van der Waals surface area contributed by atoms with Crippen molar-refractivity contribution in [3.8, 4) is 0 Å². The lowest BCUT2D eigenvalue weighted by Gasteiger charge is -2.06. The van der Waals surface area contributed by atoms with Crippen molar-refractivity contribution in [3.05, 3.63) is 59.1 Å². The molecule has 3 aromatic rings. The molecule has 0 aliphatic heterocycles. The number of para-hydroxylation sites is 1. The van der Waals surface area contributed by atoms with Crippen LogP contribution in [0.4, 0.5) is 5.69 Å². The normalized spacial score (nSPS) is 10.7. The zero-order valence-electron chi connectivity index (χ0n) is 16.1. The summed E-state index contributed by atoms with van der Waals surface area (Å²) >= 11 is 1.63. The van der Waals surface area contributed by atoms with Gasteiger partial charge in [0.25, 0.3) is 0 Å². The Labute approximate surface area is 172 Å². The topological polar surface area (TPSA) is 85.4 Å². The van der Waals surface area contributed by atoms with E-state index in [0.717, 1.165) is 15.2 Å². The quantitative estimate of drug-likeness (QED) is 0.418. The van der Waals surface area contributed by atoms with Gasteiger partial charge in [-0.3, -0.25) is 14.4 Å². The number of thiazole rings is 1. The Hall–Kier alpha value is -3.06. The molecule has 0 aliphatic carbocycles. The highest BCUT2D eigenvalue weighted by atomic mass is 32.1. The van der Waals surface area contributed by atoms with Crippen LogP contribution in [-0.2, 0) is 20.7 Å². The van der Waals surface area contributed by atoms with Gasteiger partial charge in [-0.05, 0) is 49.2 Å². The average molecular weight is 410 g/mol. The lowest BCUT2D eigenvalue weighted by Crippen LogP contribution is -2.14. The van der Waals surface area contributed by atoms with Gasteiger partial charge in [0.1, 0.15) is 0 Å². The van der Waals surface area contributed by atoms with Crippen LogP contribution in [-0.4, -0.2) is 29.3 Å². The molecule has 0 radical (unpaired) electrons. The lowest BCUT2D eigenvalue weighted by atomic mass is 10.1. The smallest absolute Gasteiger partial charge is 0.306 e. The Kier molecular flexibility index (Phi) is 7.08. The van der Waals surface area contributed by atoms with E-state index in [1.54, 1.807) is 42.5 Å². The lowest BCUT2D eigenvalue weighted by molar-refractivity contribution is -0.142. The molecule has 0 saturated carbocycles. The van der Waals surface area contributed by atoms with Crippen molar-refractivity contribution >= 4 is 44.9 Å². The number of Topliss-reactive ketones (excluding diaryl/α,β-unsaturated/α-hetero) is 1. The number of hydrogen-bond donors (Lipinski definition) is 1. The van der Waals surface area contributed by atoms with Gasteiger partial charge in [-0.25, -0.2) is 4.98 Å². The molecular weight excluding hydrogens is 388 g/mol. The fourth-order valence-electron chi connectivity index (χ4n) is 2.70. The maximum Gasteiger partial charge on any atom is 0.306 e. The number of anilines is 1. The van der Waals surface area contributed by atoms with E-state index in [1.807, 2.05) is 24.3 Å². The molecule has 0 spiro atoms. The second-order valence-electron chi connectivity index (χ2n) is 6.49. The Balaban J connectivity index is 1.40. The van der Waals surface area contributed by atoms with Crippen LogP contribution in [0, 0.1) is 0 Å². The summed E-state index contributed by atoms with van der Waals surface area (Å²) in [4.78, 5) is 40.0. The number of hydrogen-bond acceptors (Lipinski definition) is 6. The van der Waals surface area contributed by atoms with E-state index in [9.17, 15) is 14.4 Å². The first kappa shape index (κ1) is 20.7. The number of nitrogens with zero attached hydrogens (tertiary/aromatic N) is 1. The van der Waals surface area contributed by atoms with Crippen LogP contribution in [0.3, 0.4) is 0 Å². The van der Waals surface area contributed by atoms with Crippen LogP contribution < -0.4 is 5.32 Å². The highest BCUT2D eigenvalue weighted by Gasteiger charge is 2.11. The van der Waals surface area contributed by atoms with E-state index >= 15 is 0 Å². The predicted molar refractivity (Wildman–Crippen MR) is 113 cm³/mol. The highest BCUT2D eigenvalue weighted by molar-refractivity contribution is 7.18. The Morgan fingerprint density at radius 3 is 2.55 bits per heavy atom. The molecule has 1 N–H and O–H groups in total. The highest BCUT2D eigenvalue weighted by Crippen LogP contribution is 2.22. The number of aromatic nitrogens is 1. The summed E-state index contributed by atoms with van der Waals surface area (Å²) in [7, 11) is 0. The van der Waals surface area contributed by atoms with Crippen molar-refractivity contribution in [2.75, 3.05) is 11.9 Å². The van der Waals surface area contributed by atoms with Crippen molar-refractivity contribution in [1.29, 1.82) is 0 Å². The minimum absolute atomic E-state index is 0.0937. The summed E-state index contributed by atoms with van der Waals surface area (Å²) in [6, 6.07) is 14.5. The van der Waals surface area contributed by atoms with Crippen LogP contribution >= 0.6 is 11.3 Å². The third-order valence-corrected chi connectivity index (χ3v) is 5.38. The van der Waals surface area contributed by atoms with Crippen LogP contribution in [0.5, 0.6) is 0 Å². The van der Waals surface area contributed by atoms with Crippen LogP contribution in [0.1, 0.15) is 41.6 Å². The molecule has 7 heteroatoms. The number of fused-ring (bicyclic) bond motifs is 1. The molecule has 1 amide bonds. The van der Waals surface area contributed by atoms with Crippen molar-refractivity contribution in [2.24, 2.45) is 0 Å². The Morgan fingerprint density at radius 1 is 1.07 bits per heavy atom. The number of ketones is 1. The molecule has 1 heterocycles. The van der Waals surface area contributed by atoms with Crippen LogP contribution in [0.25, 0.3) is 10.2 Å². The Bertz CT molecular complexity index is 978. The standard InChI is InChI=1S/C22H22N2O4S/c1-2-20(26)23-16-12-10-15(11-13-16)18(25)14-28-22(27)9-5-8-21-24-17-6-3-4-7-19(17)29-21/h3-4,6-7,10-13H,2,5,8-9,14H2,1H3,(H,23,26). The summed E-state index contributed by atoms with van der Waals surface area (Å²) in [6.07, 6.45) is 1.95. The van der Waals surface area contributed by atoms with Gasteiger partial charge in [0.05, 0.1) is 15.2 Å². The maximum atomic E-state index is 12.2. The largest absolute Gasteiger partial charge is 0.457 e. The van der Waals surface area contributed by atoms with E-state index in [2.05, 4.69) is 10.3 Å².